The fourth-order valence-corrected chi connectivity index (χ4v) is 3.90. The second kappa shape index (κ2) is 6.11. The minimum absolute atomic E-state index is 0.152. The summed E-state index contributed by atoms with van der Waals surface area (Å²) in [6.07, 6.45) is 0.500. The number of hydrogen-bond acceptors (Lipinski definition) is 6. The third kappa shape index (κ3) is 3.88. The van der Waals surface area contributed by atoms with Gasteiger partial charge in [0, 0.05) is 7.05 Å². The number of hydrogen-bond donors (Lipinski definition) is 2. The predicted octanol–water partition coefficient (Wildman–Crippen LogP) is -0.767. The number of rotatable bonds is 5. The van der Waals surface area contributed by atoms with Crippen LogP contribution in [-0.2, 0) is 29.6 Å². The molecule has 1 aromatic rings. The first-order valence-electron chi connectivity index (χ1n) is 6.51. The Morgan fingerprint density at radius 2 is 1.83 bits per heavy atom. The fraction of sp³-hybridized carbons (Fsp3) is 0.333. The van der Waals surface area contributed by atoms with Crippen molar-refractivity contribution < 1.29 is 30.8 Å². The molecule has 2 rings (SSSR count). The van der Waals surface area contributed by atoms with Crippen molar-refractivity contribution in [3.05, 3.63) is 24.0 Å². The molecule has 12 heteroatoms. The zero-order valence-electron chi connectivity index (χ0n) is 12.6. The minimum atomic E-state index is -4.42. The van der Waals surface area contributed by atoms with Crippen molar-refractivity contribution in [3.8, 4) is 0 Å². The van der Waals surface area contributed by atoms with Crippen molar-refractivity contribution in [2.45, 2.75) is 17.4 Å². The summed E-state index contributed by atoms with van der Waals surface area (Å²) in [5, 5.41) is 0. The molecule has 1 unspecified atom stereocenters. The van der Waals surface area contributed by atoms with Gasteiger partial charge in [-0.1, -0.05) is 0 Å². The quantitative estimate of drug-likeness (QED) is 0.647. The van der Waals surface area contributed by atoms with Gasteiger partial charge >= 0.3 is 0 Å². The molecule has 0 spiro atoms. The van der Waals surface area contributed by atoms with Crippen LogP contribution in [0.1, 0.15) is 6.42 Å². The van der Waals surface area contributed by atoms with E-state index in [0.29, 0.717) is 6.07 Å². The number of sulfonamides is 2. The maximum absolute atomic E-state index is 14.0. The lowest BCUT2D eigenvalue weighted by atomic mass is 10.3. The van der Waals surface area contributed by atoms with Crippen LogP contribution in [0.3, 0.4) is 0 Å². The van der Waals surface area contributed by atoms with Crippen LogP contribution >= 0.6 is 0 Å². The fourth-order valence-electron chi connectivity index (χ4n) is 2.09. The number of imide groups is 1. The van der Waals surface area contributed by atoms with E-state index in [4.69, 9.17) is 0 Å². The van der Waals surface area contributed by atoms with Crippen molar-refractivity contribution in [1.82, 2.24) is 9.62 Å². The van der Waals surface area contributed by atoms with E-state index < -0.39 is 48.6 Å². The van der Waals surface area contributed by atoms with Gasteiger partial charge < -0.3 is 0 Å². The van der Waals surface area contributed by atoms with Crippen molar-refractivity contribution in [1.29, 1.82) is 0 Å². The summed E-state index contributed by atoms with van der Waals surface area (Å²) in [5.74, 6) is -2.50. The number of carbonyl (C=O) groups is 2. The molecule has 2 N–H and O–H groups in total. The van der Waals surface area contributed by atoms with Crippen LogP contribution in [0.25, 0.3) is 0 Å². The third-order valence-electron chi connectivity index (χ3n) is 3.20. The Balaban J connectivity index is 2.27. The van der Waals surface area contributed by atoms with Crippen molar-refractivity contribution in [2.75, 3.05) is 18.0 Å². The highest BCUT2D eigenvalue weighted by Gasteiger charge is 2.39. The lowest BCUT2D eigenvalue weighted by molar-refractivity contribution is -0.137. The summed E-state index contributed by atoms with van der Waals surface area (Å²) in [7, 11) is -6.85. The van der Waals surface area contributed by atoms with Crippen LogP contribution in [0, 0.1) is 5.82 Å². The Labute approximate surface area is 137 Å². The summed E-state index contributed by atoms with van der Waals surface area (Å²) in [6, 6.07) is 1.31. The smallest absolute Gasteiger partial charge is 0.247 e. The van der Waals surface area contributed by atoms with Crippen LogP contribution in [0.15, 0.2) is 23.1 Å². The number of halogens is 1. The number of amides is 2. The second-order valence-electron chi connectivity index (χ2n) is 5.19. The van der Waals surface area contributed by atoms with Crippen molar-refractivity contribution >= 4 is 37.5 Å². The maximum atomic E-state index is 14.0. The standard InChI is InChI=1S/C12H14FN3O6S2/c1-16-11(17)6-9(12(16)18)15-24(21,22)10-4-3-7(5-8(10)13)14-23(2,19)20/h3-5,9,14-15H,6H2,1-2H3. The van der Waals surface area contributed by atoms with Gasteiger partial charge in [0.15, 0.2) is 0 Å². The molecule has 0 bridgehead atoms. The van der Waals surface area contributed by atoms with E-state index in [1.165, 1.54) is 7.05 Å². The molecule has 0 saturated carbocycles. The molecule has 24 heavy (non-hydrogen) atoms. The molecule has 9 nitrogen and oxygen atoms in total. The van der Waals surface area contributed by atoms with E-state index in [2.05, 4.69) is 0 Å². The number of carbonyl (C=O) groups excluding carboxylic acids is 2. The Morgan fingerprint density at radius 3 is 2.29 bits per heavy atom. The molecule has 0 radical (unpaired) electrons. The van der Waals surface area contributed by atoms with Gasteiger partial charge in [-0.2, -0.15) is 4.72 Å². The minimum Gasteiger partial charge on any atom is -0.284 e. The molecular formula is C12H14FN3O6S2. The molecule has 132 valence electrons. The van der Waals surface area contributed by atoms with E-state index in [1.807, 2.05) is 9.44 Å². The Kier molecular flexibility index (Phi) is 4.65. The lowest BCUT2D eigenvalue weighted by Gasteiger charge is -2.13. The van der Waals surface area contributed by atoms with Gasteiger partial charge in [-0.25, -0.2) is 21.2 Å². The zero-order chi connectivity index (χ0) is 18.3. The largest absolute Gasteiger partial charge is 0.284 e. The van der Waals surface area contributed by atoms with Gasteiger partial charge in [-0.05, 0) is 18.2 Å². The molecule has 1 aromatic carbocycles. The second-order valence-corrected chi connectivity index (χ2v) is 8.62. The molecule has 1 aliphatic rings. The Bertz CT molecular complexity index is 913. The summed E-state index contributed by atoms with van der Waals surface area (Å²) in [6.45, 7) is 0. The van der Waals surface area contributed by atoms with E-state index in [-0.39, 0.29) is 12.1 Å². The average Bonchev–Trinajstić information content (AvgIpc) is 2.63. The van der Waals surface area contributed by atoms with Crippen LogP contribution in [0.5, 0.6) is 0 Å². The normalized spacial score (nSPS) is 19.0. The number of nitrogens with one attached hydrogen (secondary N) is 2. The first-order valence-corrected chi connectivity index (χ1v) is 9.88. The van der Waals surface area contributed by atoms with Crippen molar-refractivity contribution in [3.63, 3.8) is 0 Å². The molecule has 1 fully saturated rings. The SMILES string of the molecule is CN1C(=O)CC(NS(=O)(=O)c2ccc(NS(C)(=O)=O)cc2F)C1=O. The molecule has 1 aliphatic heterocycles. The zero-order valence-corrected chi connectivity index (χ0v) is 14.2. The monoisotopic (exact) mass is 379 g/mol. The molecule has 0 aromatic heterocycles. The summed E-state index contributed by atoms with van der Waals surface area (Å²) < 4.78 is 64.6. The topological polar surface area (TPSA) is 130 Å². The number of likely N-dealkylation sites (N-methyl/N-ethyl adjacent to an activating group) is 1. The lowest BCUT2D eigenvalue weighted by Crippen LogP contribution is -2.40. The summed E-state index contributed by atoms with van der Waals surface area (Å²) in [5.41, 5.74) is -0.152. The Hall–Kier alpha value is -2.05. The Morgan fingerprint density at radius 1 is 1.21 bits per heavy atom. The maximum Gasteiger partial charge on any atom is 0.247 e. The highest BCUT2D eigenvalue weighted by atomic mass is 32.2. The van der Waals surface area contributed by atoms with Crippen LogP contribution < -0.4 is 9.44 Å². The van der Waals surface area contributed by atoms with Gasteiger partial charge in [0.25, 0.3) is 0 Å². The number of benzene rings is 1. The summed E-state index contributed by atoms with van der Waals surface area (Å²) >= 11 is 0. The van der Waals surface area contributed by atoms with Gasteiger partial charge in [0.2, 0.25) is 31.9 Å². The number of nitrogens with zero attached hydrogens (tertiary/aromatic N) is 1. The predicted molar refractivity (Wildman–Crippen MR) is 81.4 cm³/mol. The van der Waals surface area contributed by atoms with Crippen molar-refractivity contribution in [2.24, 2.45) is 0 Å². The summed E-state index contributed by atoms with van der Waals surface area (Å²) in [4.78, 5) is 23.1. The first-order chi connectivity index (χ1) is 10.9. The highest BCUT2D eigenvalue weighted by Crippen LogP contribution is 2.21. The molecule has 2 amide bonds. The third-order valence-corrected chi connectivity index (χ3v) is 5.32. The molecule has 1 atom stereocenters. The van der Waals surface area contributed by atoms with Gasteiger partial charge in [-0.3, -0.25) is 19.2 Å². The molecule has 1 saturated heterocycles. The molecule has 0 aliphatic carbocycles. The highest BCUT2D eigenvalue weighted by molar-refractivity contribution is 7.92. The van der Waals surface area contributed by atoms with Crippen LogP contribution in [0.2, 0.25) is 0 Å². The number of anilines is 1. The van der Waals surface area contributed by atoms with E-state index in [1.54, 1.807) is 0 Å². The van der Waals surface area contributed by atoms with Gasteiger partial charge in [-0.15, -0.1) is 0 Å². The molecule has 1 heterocycles. The van der Waals surface area contributed by atoms with Gasteiger partial charge in [0.05, 0.1) is 18.4 Å². The van der Waals surface area contributed by atoms with Crippen LogP contribution in [-0.4, -0.2) is 52.9 Å². The molecular weight excluding hydrogens is 365 g/mol. The van der Waals surface area contributed by atoms with Crippen LogP contribution in [0.4, 0.5) is 10.1 Å². The first kappa shape index (κ1) is 18.3. The van der Waals surface area contributed by atoms with E-state index in [0.717, 1.165) is 23.3 Å². The van der Waals surface area contributed by atoms with E-state index in [9.17, 15) is 30.8 Å². The van der Waals surface area contributed by atoms with E-state index >= 15 is 0 Å². The number of likely N-dealkylation sites (tertiary alicyclic amines) is 1. The van der Waals surface area contributed by atoms with Gasteiger partial charge in [0.1, 0.15) is 16.8 Å². The average molecular weight is 379 g/mol.